The first kappa shape index (κ1) is 63.8. The van der Waals surface area contributed by atoms with E-state index < -0.39 is 26.5 Å². The van der Waals surface area contributed by atoms with Gasteiger partial charge in [-0.05, 0) is 32.1 Å². The average molecular weight is 942 g/mol. The smallest absolute Gasteiger partial charge is 0.306 e. The molecule has 1 unspecified atom stereocenters. The van der Waals surface area contributed by atoms with E-state index >= 15 is 0 Å². The van der Waals surface area contributed by atoms with Gasteiger partial charge in [0, 0.05) is 12.8 Å². The normalized spacial score (nSPS) is 13.4. The second-order valence-electron chi connectivity index (χ2n) is 20.3. The fourth-order valence-corrected chi connectivity index (χ4v) is 8.92. The van der Waals surface area contributed by atoms with E-state index in [1.807, 2.05) is 21.1 Å². The van der Waals surface area contributed by atoms with E-state index in [2.05, 4.69) is 26.0 Å². The van der Waals surface area contributed by atoms with Gasteiger partial charge in [-0.25, -0.2) is 0 Å². The Kier molecular flexibility index (Phi) is 46.9. The summed E-state index contributed by atoms with van der Waals surface area (Å²) in [7, 11) is 1.17. The van der Waals surface area contributed by atoms with Crippen molar-refractivity contribution < 1.29 is 42.1 Å². The van der Waals surface area contributed by atoms with Gasteiger partial charge < -0.3 is 27.9 Å². The first-order valence-electron chi connectivity index (χ1n) is 27.9. The van der Waals surface area contributed by atoms with Gasteiger partial charge in [0.15, 0.2) is 6.10 Å². The lowest BCUT2D eigenvalue weighted by Gasteiger charge is -2.28. The van der Waals surface area contributed by atoms with Crippen molar-refractivity contribution in [2.75, 3.05) is 47.5 Å². The molecule has 0 radical (unpaired) electrons. The first-order valence-corrected chi connectivity index (χ1v) is 29.4. The highest BCUT2D eigenvalue weighted by molar-refractivity contribution is 7.45. The molecule has 0 aromatic rings. The molecule has 0 N–H and O–H groups in total. The van der Waals surface area contributed by atoms with E-state index in [9.17, 15) is 19.0 Å². The maximum Gasteiger partial charge on any atom is 0.306 e. The summed E-state index contributed by atoms with van der Waals surface area (Å²) >= 11 is 0. The Hall–Kier alpha value is -1.25. The van der Waals surface area contributed by atoms with E-state index in [0.717, 1.165) is 32.1 Å². The SMILES string of the molecule is CCCCCCCCCCCCCCCCCCCC/C=C/CCCC(=O)O[C@H](COC(=O)CCCCCCCCCCCCCCCCCCCC)COP(=O)([O-])OCC[N+](C)(C)C. The summed E-state index contributed by atoms with van der Waals surface area (Å²) in [5.41, 5.74) is 0. The Balaban J connectivity index is 4.18. The number of rotatable bonds is 52. The monoisotopic (exact) mass is 942 g/mol. The van der Waals surface area contributed by atoms with Crippen molar-refractivity contribution in [3.63, 3.8) is 0 Å². The van der Waals surface area contributed by atoms with Crippen LogP contribution in [0.2, 0.25) is 0 Å². The number of likely N-dealkylation sites (N-methyl/N-ethyl adjacent to an activating group) is 1. The van der Waals surface area contributed by atoms with Crippen molar-refractivity contribution in [2.24, 2.45) is 0 Å². The first-order chi connectivity index (χ1) is 31.5. The van der Waals surface area contributed by atoms with Gasteiger partial charge in [-0.2, -0.15) is 0 Å². The van der Waals surface area contributed by atoms with Gasteiger partial charge in [0.25, 0.3) is 7.82 Å². The van der Waals surface area contributed by atoms with Crippen molar-refractivity contribution in [3.8, 4) is 0 Å². The molecule has 0 aliphatic carbocycles. The van der Waals surface area contributed by atoms with Gasteiger partial charge in [-0.3, -0.25) is 14.2 Å². The zero-order valence-corrected chi connectivity index (χ0v) is 44.6. The third kappa shape index (κ3) is 52.0. The number of phosphoric acid groups is 1. The molecule has 0 saturated heterocycles. The number of allylic oxidation sites excluding steroid dienone is 2. The Morgan fingerprint density at radius 2 is 0.800 bits per heavy atom. The summed E-state index contributed by atoms with van der Waals surface area (Å²) in [6.45, 7) is 4.27. The fourth-order valence-electron chi connectivity index (χ4n) is 8.19. The molecular formula is C55H108NO8P. The van der Waals surface area contributed by atoms with Crippen molar-refractivity contribution in [3.05, 3.63) is 12.2 Å². The van der Waals surface area contributed by atoms with Gasteiger partial charge in [0.2, 0.25) is 0 Å². The molecule has 0 heterocycles. The highest BCUT2D eigenvalue weighted by atomic mass is 31.2. The fraction of sp³-hybridized carbons (Fsp3) is 0.927. The lowest BCUT2D eigenvalue weighted by molar-refractivity contribution is -0.870. The van der Waals surface area contributed by atoms with Crippen LogP contribution in [0.15, 0.2) is 12.2 Å². The topological polar surface area (TPSA) is 111 Å². The summed E-state index contributed by atoms with van der Waals surface area (Å²) in [5.74, 6) is -0.853. The van der Waals surface area contributed by atoms with Crippen molar-refractivity contribution in [1.82, 2.24) is 0 Å². The van der Waals surface area contributed by atoms with E-state index in [4.69, 9.17) is 18.5 Å². The quantitative estimate of drug-likeness (QED) is 0.0195. The number of carbonyl (C=O) groups is 2. The van der Waals surface area contributed by atoms with E-state index in [1.165, 1.54) is 212 Å². The van der Waals surface area contributed by atoms with Crippen LogP contribution in [-0.4, -0.2) is 70.0 Å². The Labute approximate surface area is 403 Å². The molecule has 0 aliphatic rings. The minimum atomic E-state index is -4.63. The molecule has 0 aliphatic heterocycles. The Morgan fingerprint density at radius 1 is 0.462 bits per heavy atom. The lowest BCUT2D eigenvalue weighted by Crippen LogP contribution is -2.37. The Bertz CT molecular complexity index is 1110. The largest absolute Gasteiger partial charge is 0.756 e. The number of unbranched alkanes of at least 4 members (excludes halogenated alkanes) is 36. The maximum absolute atomic E-state index is 12.8. The molecule has 0 amide bonds. The number of phosphoric ester groups is 1. The van der Waals surface area contributed by atoms with Crippen LogP contribution in [0.5, 0.6) is 0 Å². The maximum atomic E-state index is 12.8. The van der Waals surface area contributed by atoms with Crippen molar-refractivity contribution in [1.29, 1.82) is 0 Å². The number of carbonyl (C=O) groups excluding carboxylic acids is 2. The highest BCUT2D eigenvalue weighted by Crippen LogP contribution is 2.38. The average Bonchev–Trinajstić information content (AvgIpc) is 3.26. The van der Waals surface area contributed by atoms with Gasteiger partial charge in [0.1, 0.15) is 19.8 Å². The summed E-state index contributed by atoms with van der Waals surface area (Å²) in [4.78, 5) is 37.8. The van der Waals surface area contributed by atoms with Crippen LogP contribution in [0.25, 0.3) is 0 Å². The van der Waals surface area contributed by atoms with Crippen LogP contribution in [0.4, 0.5) is 0 Å². The molecule has 0 aromatic heterocycles. The summed E-state index contributed by atoms with van der Waals surface area (Å²) in [5, 5.41) is 0. The lowest BCUT2D eigenvalue weighted by atomic mass is 10.0. The third-order valence-corrected chi connectivity index (χ3v) is 13.5. The molecule has 0 aromatic carbocycles. The molecule has 0 bridgehead atoms. The molecule has 10 heteroatoms. The number of nitrogens with zero attached hydrogens (tertiary/aromatic N) is 1. The summed E-state index contributed by atoms with van der Waals surface area (Å²) in [6, 6.07) is 0. The second-order valence-corrected chi connectivity index (χ2v) is 21.7. The number of quaternary nitrogens is 1. The summed E-state index contributed by atoms with van der Waals surface area (Å²) in [6.07, 6.45) is 54.0. The summed E-state index contributed by atoms with van der Waals surface area (Å²) < 4.78 is 34.1. The van der Waals surface area contributed by atoms with E-state index in [-0.39, 0.29) is 32.0 Å². The standard InChI is InChI=1S/C55H108NO8P/c1-6-8-10-12-14-16-18-20-22-24-26-27-28-29-30-32-34-36-38-40-42-44-46-48-55(58)64-53(52-63-65(59,60)62-50-49-56(3,4)5)51-61-54(57)47-45-43-41-39-37-35-33-31-25-23-21-19-17-15-13-11-9-7-2/h40,42,53H,6-39,41,43-52H2,1-5H3/b42-40+/t53-/m1/s1. The molecule has 386 valence electrons. The second kappa shape index (κ2) is 47.8. The molecular weight excluding hydrogens is 834 g/mol. The van der Waals surface area contributed by atoms with Gasteiger partial charge in [-0.15, -0.1) is 0 Å². The minimum Gasteiger partial charge on any atom is -0.756 e. The van der Waals surface area contributed by atoms with Gasteiger partial charge in [-0.1, -0.05) is 244 Å². The van der Waals surface area contributed by atoms with Crippen LogP contribution in [0, 0.1) is 0 Å². The van der Waals surface area contributed by atoms with Crippen molar-refractivity contribution in [2.45, 2.75) is 283 Å². The highest BCUT2D eigenvalue weighted by Gasteiger charge is 2.21. The van der Waals surface area contributed by atoms with Crippen LogP contribution < -0.4 is 4.89 Å². The zero-order valence-electron chi connectivity index (χ0n) is 43.7. The van der Waals surface area contributed by atoms with Gasteiger partial charge in [0.05, 0.1) is 27.7 Å². The Morgan fingerprint density at radius 3 is 1.18 bits per heavy atom. The molecule has 0 rings (SSSR count). The number of hydrogen-bond donors (Lipinski definition) is 0. The molecule has 0 spiro atoms. The predicted octanol–water partition coefficient (Wildman–Crippen LogP) is 16.2. The minimum absolute atomic E-state index is 0.0316. The van der Waals surface area contributed by atoms with Crippen LogP contribution in [0.1, 0.15) is 277 Å². The number of ether oxygens (including phenoxy) is 2. The number of hydrogen-bond acceptors (Lipinski definition) is 8. The third-order valence-electron chi connectivity index (χ3n) is 12.5. The van der Waals surface area contributed by atoms with E-state index in [1.54, 1.807) is 0 Å². The van der Waals surface area contributed by atoms with Gasteiger partial charge >= 0.3 is 11.9 Å². The molecule has 0 fully saturated rings. The van der Waals surface area contributed by atoms with Crippen LogP contribution in [-0.2, 0) is 32.7 Å². The van der Waals surface area contributed by atoms with Crippen LogP contribution >= 0.6 is 7.82 Å². The molecule has 0 saturated carbocycles. The predicted molar refractivity (Wildman–Crippen MR) is 273 cm³/mol. The zero-order chi connectivity index (χ0) is 47.8. The van der Waals surface area contributed by atoms with Crippen LogP contribution in [0.3, 0.4) is 0 Å². The molecule has 65 heavy (non-hydrogen) atoms. The van der Waals surface area contributed by atoms with Crippen molar-refractivity contribution >= 4 is 19.8 Å². The number of esters is 2. The molecule has 2 atom stereocenters. The molecule has 9 nitrogen and oxygen atoms in total. The van der Waals surface area contributed by atoms with E-state index in [0.29, 0.717) is 17.4 Å².